The number of piperidine rings is 1. The number of carbonyl (C=O) groups excluding carboxylic acids is 1. The van der Waals surface area contributed by atoms with Crippen LogP contribution in [0.2, 0.25) is 0 Å². The van der Waals surface area contributed by atoms with Crippen molar-refractivity contribution in [3.63, 3.8) is 0 Å². The summed E-state index contributed by atoms with van der Waals surface area (Å²) < 4.78 is 0. The van der Waals surface area contributed by atoms with Crippen molar-refractivity contribution >= 4 is 17.2 Å². The van der Waals surface area contributed by atoms with E-state index in [9.17, 15) is 4.79 Å². The van der Waals surface area contributed by atoms with Gasteiger partial charge >= 0.3 is 0 Å². The number of likely N-dealkylation sites (tertiary alicyclic amines) is 1. The quantitative estimate of drug-likeness (QED) is 0.815. The average molecular weight is 225 g/mol. The maximum Gasteiger partial charge on any atom is 0.270 e. The Bertz CT molecular complexity index is 317. The minimum Gasteiger partial charge on any atom is -0.348 e. The Morgan fingerprint density at radius 2 is 2.33 bits per heavy atom. The molecule has 4 nitrogen and oxygen atoms in total. The highest BCUT2D eigenvalue weighted by Gasteiger charge is 2.19. The normalized spacial score (nSPS) is 19.0. The van der Waals surface area contributed by atoms with E-state index in [0.29, 0.717) is 11.7 Å². The summed E-state index contributed by atoms with van der Waals surface area (Å²) >= 11 is 1.45. The molecule has 0 bridgehead atoms. The van der Waals surface area contributed by atoms with Crippen molar-refractivity contribution in [2.75, 3.05) is 20.1 Å². The Hall–Kier alpha value is -0.940. The zero-order valence-electron chi connectivity index (χ0n) is 8.77. The van der Waals surface area contributed by atoms with Crippen LogP contribution < -0.4 is 5.32 Å². The van der Waals surface area contributed by atoms with Gasteiger partial charge in [-0.3, -0.25) is 4.79 Å². The fourth-order valence-corrected chi connectivity index (χ4v) is 2.27. The van der Waals surface area contributed by atoms with Crippen LogP contribution in [0.1, 0.15) is 23.3 Å². The molecule has 2 rings (SSSR count). The first-order valence-electron chi connectivity index (χ1n) is 5.13. The second-order valence-electron chi connectivity index (χ2n) is 3.92. The number of rotatable bonds is 2. The van der Waals surface area contributed by atoms with Gasteiger partial charge in [0.2, 0.25) is 0 Å². The Kier molecular flexibility index (Phi) is 3.33. The molecule has 15 heavy (non-hydrogen) atoms. The highest BCUT2D eigenvalue weighted by molar-refractivity contribution is 7.07. The van der Waals surface area contributed by atoms with Crippen LogP contribution in [-0.4, -0.2) is 42.0 Å². The first-order chi connectivity index (χ1) is 7.25. The smallest absolute Gasteiger partial charge is 0.270 e. The highest BCUT2D eigenvalue weighted by Crippen LogP contribution is 2.09. The van der Waals surface area contributed by atoms with Crippen molar-refractivity contribution in [2.24, 2.45) is 0 Å². The number of hydrogen-bond acceptors (Lipinski definition) is 4. The van der Waals surface area contributed by atoms with Crippen molar-refractivity contribution in [3.05, 3.63) is 16.6 Å². The lowest BCUT2D eigenvalue weighted by Gasteiger charge is -2.29. The molecule has 0 radical (unpaired) electrons. The summed E-state index contributed by atoms with van der Waals surface area (Å²) in [7, 11) is 2.11. The van der Waals surface area contributed by atoms with E-state index in [2.05, 4.69) is 22.2 Å². The summed E-state index contributed by atoms with van der Waals surface area (Å²) in [5.41, 5.74) is 2.22. The molecule has 0 aliphatic carbocycles. The van der Waals surface area contributed by atoms with E-state index in [-0.39, 0.29) is 5.91 Å². The van der Waals surface area contributed by atoms with Crippen LogP contribution in [0.25, 0.3) is 0 Å². The molecule has 0 aromatic carbocycles. The van der Waals surface area contributed by atoms with Gasteiger partial charge < -0.3 is 10.2 Å². The molecule has 0 atom stereocenters. The van der Waals surface area contributed by atoms with Gasteiger partial charge in [0.15, 0.2) is 0 Å². The number of nitrogens with one attached hydrogen (secondary N) is 1. The predicted octanol–water partition coefficient (Wildman–Crippen LogP) is 0.967. The number of carbonyl (C=O) groups is 1. The standard InChI is InChI=1S/C10H15N3OS/c1-13-4-2-8(3-5-13)12-10(14)9-6-15-7-11-9/h6-8H,2-5H2,1H3,(H,12,14). The Morgan fingerprint density at radius 1 is 1.60 bits per heavy atom. The van der Waals surface area contributed by atoms with Gasteiger partial charge in [0.25, 0.3) is 5.91 Å². The number of hydrogen-bond donors (Lipinski definition) is 1. The van der Waals surface area contributed by atoms with E-state index < -0.39 is 0 Å². The van der Waals surface area contributed by atoms with Crippen LogP contribution in [0.5, 0.6) is 0 Å². The molecular weight excluding hydrogens is 210 g/mol. The van der Waals surface area contributed by atoms with Gasteiger partial charge in [-0.25, -0.2) is 4.98 Å². The number of nitrogens with zero attached hydrogens (tertiary/aromatic N) is 2. The van der Waals surface area contributed by atoms with Crippen molar-refractivity contribution in [2.45, 2.75) is 18.9 Å². The zero-order chi connectivity index (χ0) is 10.7. The van der Waals surface area contributed by atoms with Gasteiger partial charge in [-0.15, -0.1) is 11.3 Å². The predicted molar refractivity (Wildman–Crippen MR) is 60.1 cm³/mol. The van der Waals surface area contributed by atoms with Gasteiger partial charge in [-0.05, 0) is 33.0 Å². The number of amides is 1. The third-order valence-electron chi connectivity index (χ3n) is 2.72. The maximum atomic E-state index is 11.7. The zero-order valence-corrected chi connectivity index (χ0v) is 9.59. The first-order valence-corrected chi connectivity index (χ1v) is 6.07. The second kappa shape index (κ2) is 4.72. The van der Waals surface area contributed by atoms with Gasteiger partial charge in [0, 0.05) is 11.4 Å². The lowest BCUT2D eigenvalue weighted by Crippen LogP contribution is -2.43. The summed E-state index contributed by atoms with van der Waals surface area (Å²) in [6.45, 7) is 2.12. The Morgan fingerprint density at radius 3 is 2.93 bits per heavy atom. The fraction of sp³-hybridized carbons (Fsp3) is 0.600. The molecule has 2 heterocycles. The molecule has 5 heteroatoms. The minimum absolute atomic E-state index is 0.0363. The van der Waals surface area contributed by atoms with Crippen LogP contribution in [0.15, 0.2) is 10.9 Å². The van der Waals surface area contributed by atoms with E-state index in [0.717, 1.165) is 25.9 Å². The van der Waals surface area contributed by atoms with Crippen LogP contribution in [0, 0.1) is 0 Å². The SMILES string of the molecule is CN1CCC(NC(=O)c2cscn2)CC1. The third kappa shape index (κ3) is 2.76. The van der Waals surface area contributed by atoms with Gasteiger partial charge in [0.1, 0.15) is 5.69 Å². The molecule has 1 aromatic rings. The van der Waals surface area contributed by atoms with E-state index >= 15 is 0 Å². The summed E-state index contributed by atoms with van der Waals surface area (Å²) in [4.78, 5) is 18.0. The molecule has 1 aliphatic heterocycles. The van der Waals surface area contributed by atoms with E-state index in [4.69, 9.17) is 0 Å². The third-order valence-corrected chi connectivity index (χ3v) is 3.31. The Balaban J connectivity index is 1.85. The largest absolute Gasteiger partial charge is 0.348 e. The number of aromatic nitrogens is 1. The van der Waals surface area contributed by atoms with Gasteiger partial charge in [-0.1, -0.05) is 0 Å². The molecule has 0 unspecified atom stereocenters. The molecule has 82 valence electrons. The van der Waals surface area contributed by atoms with Gasteiger partial charge in [-0.2, -0.15) is 0 Å². The van der Waals surface area contributed by atoms with Crippen LogP contribution in [0.4, 0.5) is 0 Å². The summed E-state index contributed by atoms with van der Waals surface area (Å²) in [5, 5.41) is 4.80. The monoisotopic (exact) mass is 225 g/mol. The molecule has 1 fully saturated rings. The molecule has 1 aromatic heterocycles. The molecule has 1 amide bonds. The molecule has 1 saturated heterocycles. The lowest BCUT2D eigenvalue weighted by atomic mass is 10.1. The average Bonchev–Trinajstić information content (AvgIpc) is 2.74. The van der Waals surface area contributed by atoms with Crippen LogP contribution in [-0.2, 0) is 0 Å². The molecule has 1 aliphatic rings. The maximum absolute atomic E-state index is 11.7. The first kappa shape index (κ1) is 10.6. The second-order valence-corrected chi connectivity index (χ2v) is 4.64. The van der Waals surface area contributed by atoms with E-state index in [1.165, 1.54) is 11.3 Å². The topological polar surface area (TPSA) is 45.2 Å². The lowest BCUT2D eigenvalue weighted by molar-refractivity contribution is 0.0912. The minimum atomic E-state index is -0.0363. The molecule has 0 spiro atoms. The Labute approximate surface area is 93.3 Å². The molecule has 0 saturated carbocycles. The van der Waals surface area contributed by atoms with Crippen molar-refractivity contribution in [3.8, 4) is 0 Å². The van der Waals surface area contributed by atoms with Crippen molar-refractivity contribution in [1.29, 1.82) is 0 Å². The fourth-order valence-electron chi connectivity index (χ4n) is 1.74. The number of thiazole rings is 1. The van der Waals surface area contributed by atoms with Gasteiger partial charge in [0.05, 0.1) is 5.51 Å². The van der Waals surface area contributed by atoms with Crippen molar-refractivity contribution < 1.29 is 4.79 Å². The molecule has 1 N–H and O–H groups in total. The summed E-state index contributed by atoms with van der Waals surface area (Å²) in [6.07, 6.45) is 2.07. The molecular formula is C10H15N3OS. The van der Waals surface area contributed by atoms with E-state index in [1.54, 1.807) is 10.9 Å². The van der Waals surface area contributed by atoms with Crippen LogP contribution >= 0.6 is 11.3 Å². The highest BCUT2D eigenvalue weighted by atomic mass is 32.1. The van der Waals surface area contributed by atoms with Crippen LogP contribution in [0.3, 0.4) is 0 Å². The summed E-state index contributed by atoms with van der Waals surface area (Å²) in [6, 6.07) is 0.315. The summed E-state index contributed by atoms with van der Waals surface area (Å²) in [5.74, 6) is -0.0363. The van der Waals surface area contributed by atoms with Crippen molar-refractivity contribution in [1.82, 2.24) is 15.2 Å². The van der Waals surface area contributed by atoms with E-state index in [1.807, 2.05) is 0 Å².